The fraction of sp³-hybridized carbons (Fsp3) is 0.600. The van der Waals surface area contributed by atoms with E-state index in [1.54, 1.807) is 13.0 Å². The molecule has 2 unspecified atom stereocenters. The van der Waals surface area contributed by atoms with Gasteiger partial charge < -0.3 is 9.84 Å². The molecule has 9 heteroatoms. The summed E-state index contributed by atoms with van der Waals surface area (Å²) in [5.41, 5.74) is 0. The molecule has 1 aromatic heterocycles. The van der Waals surface area contributed by atoms with Crippen molar-refractivity contribution in [2.45, 2.75) is 24.0 Å². The van der Waals surface area contributed by atoms with Crippen molar-refractivity contribution in [3.63, 3.8) is 0 Å². The first-order valence-electron chi connectivity index (χ1n) is 5.56. The Kier molecular flexibility index (Phi) is 5.08. The number of morpholine rings is 1. The molecule has 0 aliphatic carbocycles. The molecular weight excluding hydrogens is 422 g/mol. The minimum absolute atomic E-state index is 0.170. The highest BCUT2D eigenvalue weighted by molar-refractivity contribution is 9.12. The molecule has 0 spiro atoms. The number of nitrogens with zero attached hydrogens (tertiary/aromatic N) is 1. The SMILES string of the molecule is CC1CN(S(=O)(=O)c2cc(Br)sc2Br)CC(CO)O1. The van der Waals surface area contributed by atoms with Crippen LogP contribution in [0.3, 0.4) is 0 Å². The first-order chi connectivity index (χ1) is 8.84. The minimum atomic E-state index is -3.57. The number of halogens is 2. The quantitative estimate of drug-likeness (QED) is 0.790. The Morgan fingerprint density at radius 2 is 2.21 bits per heavy atom. The minimum Gasteiger partial charge on any atom is -0.394 e. The van der Waals surface area contributed by atoms with Crippen molar-refractivity contribution in [1.82, 2.24) is 4.31 Å². The van der Waals surface area contributed by atoms with Crippen molar-refractivity contribution >= 4 is 53.2 Å². The van der Waals surface area contributed by atoms with E-state index in [-0.39, 0.29) is 24.2 Å². The lowest BCUT2D eigenvalue weighted by molar-refractivity contribution is -0.0750. The highest BCUT2D eigenvalue weighted by atomic mass is 79.9. The van der Waals surface area contributed by atoms with Crippen LogP contribution in [-0.2, 0) is 14.8 Å². The van der Waals surface area contributed by atoms with E-state index >= 15 is 0 Å². The third-order valence-corrected chi connectivity index (χ3v) is 7.33. The number of hydrogen-bond donors (Lipinski definition) is 1. The summed E-state index contributed by atoms with van der Waals surface area (Å²) in [6.07, 6.45) is -0.707. The second-order valence-corrected chi connectivity index (χ2v) is 9.92. The van der Waals surface area contributed by atoms with Crippen molar-refractivity contribution in [3.05, 3.63) is 13.6 Å². The van der Waals surface area contributed by atoms with Crippen molar-refractivity contribution < 1.29 is 18.3 Å². The third-order valence-electron chi connectivity index (χ3n) is 2.74. The molecule has 2 heterocycles. The molecule has 1 N–H and O–H groups in total. The highest BCUT2D eigenvalue weighted by Crippen LogP contribution is 2.36. The van der Waals surface area contributed by atoms with Gasteiger partial charge in [0, 0.05) is 13.1 Å². The molecular formula is C10H13Br2NO4S2. The summed E-state index contributed by atoms with van der Waals surface area (Å²) < 4.78 is 33.3. The number of aliphatic hydroxyl groups is 1. The van der Waals surface area contributed by atoms with Gasteiger partial charge in [-0.3, -0.25) is 0 Å². The van der Waals surface area contributed by atoms with Crippen molar-refractivity contribution in [2.24, 2.45) is 0 Å². The van der Waals surface area contributed by atoms with E-state index in [4.69, 9.17) is 9.84 Å². The van der Waals surface area contributed by atoms with E-state index in [1.807, 2.05) is 0 Å². The summed E-state index contributed by atoms with van der Waals surface area (Å²) in [5, 5.41) is 9.16. The number of rotatable bonds is 3. The summed E-state index contributed by atoms with van der Waals surface area (Å²) in [4.78, 5) is 0.246. The Morgan fingerprint density at radius 3 is 2.74 bits per heavy atom. The third kappa shape index (κ3) is 3.39. The predicted octanol–water partition coefficient (Wildman–Crippen LogP) is 2.04. The summed E-state index contributed by atoms with van der Waals surface area (Å²) >= 11 is 7.86. The van der Waals surface area contributed by atoms with E-state index in [0.717, 1.165) is 3.79 Å². The highest BCUT2D eigenvalue weighted by Gasteiger charge is 2.35. The molecule has 0 radical (unpaired) electrons. The molecule has 1 aliphatic rings. The van der Waals surface area contributed by atoms with Gasteiger partial charge in [0.05, 0.1) is 26.4 Å². The van der Waals surface area contributed by atoms with Crippen LogP contribution in [0.1, 0.15) is 6.92 Å². The van der Waals surface area contributed by atoms with Crippen LogP contribution in [0.15, 0.2) is 18.5 Å². The molecule has 2 atom stereocenters. The van der Waals surface area contributed by atoms with Crippen LogP contribution in [0.4, 0.5) is 0 Å². The molecule has 0 saturated carbocycles. The maximum atomic E-state index is 12.6. The summed E-state index contributed by atoms with van der Waals surface area (Å²) in [6, 6.07) is 1.58. The second-order valence-electron chi connectivity index (χ2n) is 4.26. The number of sulfonamides is 1. The fourth-order valence-corrected chi connectivity index (χ4v) is 7.25. The number of ether oxygens (including phenoxy) is 1. The second kappa shape index (κ2) is 6.08. The molecule has 1 aromatic rings. The van der Waals surface area contributed by atoms with Crippen molar-refractivity contribution in [1.29, 1.82) is 0 Å². The van der Waals surface area contributed by atoms with Gasteiger partial charge >= 0.3 is 0 Å². The lowest BCUT2D eigenvalue weighted by Gasteiger charge is -2.35. The molecule has 0 bridgehead atoms. The van der Waals surface area contributed by atoms with Gasteiger partial charge in [-0.2, -0.15) is 4.31 Å². The van der Waals surface area contributed by atoms with Crippen LogP contribution >= 0.6 is 43.2 Å². The number of hydrogen-bond acceptors (Lipinski definition) is 5. The van der Waals surface area contributed by atoms with Crippen LogP contribution in [0.5, 0.6) is 0 Å². The molecule has 2 rings (SSSR count). The first kappa shape index (κ1) is 15.9. The number of aliphatic hydroxyl groups excluding tert-OH is 1. The zero-order valence-electron chi connectivity index (χ0n) is 10.0. The van der Waals surface area contributed by atoms with E-state index in [1.165, 1.54) is 15.6 Å². The average molecular weight is 435 g/mol. The van der Waals surface area contributed by atoms with Crippen LogP contribution in [0, 0.1) is 0 Å². The van der Waals surface area contributed by atoms with E-state index < -0.39 is 16.1 Å². The van der Waals surface area contributed by atoms with Gasteiger partial charge in [0.15, 0.2) is 0 Å². The lowest BCUT2D eigenvalue weighted by atomic mass is 10.2. The predicted molar refractivity (Wildman–Crippen MR) is 79.9 cm³/mol. The van der Waals surface area contributed by atoms with Crippen LogP contribution in [0.25, 0.3) is 0 Å². The zero-order valence-corrected chi connectivity index (χ0v) is 14.8. The Balaban J connectivity index is 2.31. The average Bonchev–Trinajstić information content (AvgIpc) is 2.68. The molecule has 1 fully saturated rings. The maximum Gasteiger partial charge on any atom is 0.245 e. The Labute approximate surface area is 132 Å². The van der Waals surface area contributed by atoms with E-state index in [9.17, 15) is 8.42 Å². The van der Waals surface area contributed by atoms with Crippen molar-refractivity contribution in [3.8, 4) is 0 Å². The maximum absolute atomic E-state index is 12.6. The van der Waals surface area contributed by atoms with Gasteiger partial charge in [-0.25, -0.2) is 8.42 Å². The fourth-order valence-electron chi connectivity index (χ4n) is 1.94. The Hall–Kier alpha value is 0.490. The Morgan fingerprint density at radius 1 is 1.53 bits per heavy atom. The lowest BCUT2D eigenvalue weighted by Crippen LogP contribution is -2.50. The van der Waals surface area contributed by atoms with Crippen LogP contribution in [-0.4, -0.2) is 49.7 Å². The summed E-state index contributed by atoms with van der Waals surface area (Å²) in [6.45, 7) is 2.07. The van der Waals surface area contributed by atoms with Crippen LogP contribution < -0.4 is 0 Å². The molecule has 1 saturated heterocycles. The Bertz CT molecular complexity index is 560. The normalized spacial score (nSPS) is 25.7. The summed E-state index contributed by atoms with van der Waals surface area (Å²) in [7, 11) is -3.57. The topological polar surface area (TPSA) is 66.8 Å². The number of thiophene rings is 1. The smallest absolute Gasteiger partial charge is 0.245 e. The zero-order chi connectivity index (χ0) is 14.2. The molecule has 108 valence electrons. The molecule has 1 aliphatic heterocycles. The molecule has 0 aromatic carbocycles. The standard InChI is InChI=1S/C10H13Br2NO4S2/c1-6-3-13(4-7(5-14)17-6)19(15,16)8-2-9(11)18-10(8)12/h2,6-7,14H,3-5H2,1H3. The molecule has 19 heavy (non-hydrogen) atoms. The van der Waals surface area contributed by atoms with Gasteiger partial charge in [-0.05, 0) is 44.8 Å². The van der Waals surface area contributed by atoms with Crippen molar-refractivity contribution in [2.75, 3.05) is 19.7 Å². The molecule has 0 amide bonds. The largest absolute Gasteiger partial charge is 0.394 e. The molecule has 5 nitrogen and oxygen atoms in total. The van der Waals surface area contributed by atoms with Gasteiger partial charge in [0.2, 0.25) is 10.0 Å². The monoisotopic (exact) mass is 433 g/mol. The van der Waals surface area contributed by atoms with E-state index in [2.05, 4.69) is 31.9 Å². The van der Waals surface area contributed by atoms with Gasteiger partial charge in [-0.1, -0.05) is 0 Å². The van der Waals surface area contributed by atoms with Gasteiger partial charge in [0.1, 0.15) is 4.90 Å². The summed E-state index contributed by atoms with van der Waals surface area (Å²) in [5.74, 6) is 0. The van der Waals surface area contributed by atoms with Crippen LogP contribution in [0.2, 0.25) is 0 Å². The van der Waals surface area contributed by atoms with Gasteiger partial charge in [-0.15, -0.1) is 11.3 Å². The van der Waals surface area contributed by atoms with E-state index in [0.29, 0.717) is 10.3 Å². The first-order valence-corrected chi connectivity index (χ1v) is 9.40. The van der Waals surface area contributed by atoms with Gasteiger partial charge in [0.25, 0.3) is 0 Å².